The van der Waals surface area contributed by atoms with E-state index < -0.39 is 0 Å². The summed E-state index contributed by atoms with van der Waals surface area (Å²) in [6, 6.07) is 35.6. The minimum atomic E-state index is 0.622. The molecule has 0 amide bonds. The highest BCUT2D eigenvalue weighted by atomic mass is 16.3. The van der Waals surface area contributed by atoms with E-state index in [4.69, 9.17) is 4.42 Å². The average molecular weight is 466 g/mol. The fourth-order valence-electron chi connectivity index (χ4n) is 5.13. The summed E-state index contributed by atoms with van der Waals surface area (Å²) >= 11 is 0. The molecule has 6 rings (SSSR count). The van der Waals surface area contributed by atoms with Gasteiger partial charge in [0.25, 0.3) is 0 Å². The van der Waals surface area contributed by atoms with Gasteiger partial charge in [-0.05, 0) is 41.3 Å². The molecule has 172 valence electrons. The van der Waals surface area contributed by atoms with Crippen molar-refractivity contribution in [2.24, 2.45) is 7.05 Å². The molecule has 6 aromatic rings. The van der Waals surface area contributed by atoms with E-state index in [2.05, 4.69) is 92.2 Å². The quantitative estimate of drug-likeness (QED) is 0.249. The summed E-state index contributed by atoms with van der Waals surface area (Å²) in [4.78, 5) is 0. The zero-order valence-electron chi connectivity index (χ0n) is 20.5. The van der Waals surface area contributed by atoms with Crippen molar-refractivity contribution in [1.29, 1.82) is 5.26 Å². The van der Waals surface area contributed by atoms with E-state index in [9.17, 15) is 5.26 Å². The van der Waals surface area contributed by atoms with Crippen LogP contribution in [0.15, 0.2) is 101 Å². The van der Waals surface area contributed by atoms with Crippen LogP contribution in [0.4, 0.5) is 0 Å². The van der Waals surface area contributed by atoms with E-state index in [1.165, 1.54) is 5.56 Å². The number of furan rings is 1. The molecule has 0 aliphatic carbocycles. The molecule has 3 nitrogen and oxygen atoms in total. The SMILES string of the molecule is Cc1ccc2c(oc3c(-c4ccccc4)ccc(C#N)c32)c1-c1cc(-c2ccccc2)cc(C)[n+]1C. The highest BCUT2D eigenvalue weighted by molar-refractivity contribution is 6.15. The van der Waals surface area contributed by atoms with Crippen molar-refractivity contribution >= 4 is 21.9 Å². The Kier molecular flexibility index (Phi) is 5.16. The molecular weight excluding hydrogens is 440 g/mol. The van der Waals surface area contributed by atoms with Gasteiger partial charge >= 0.3 is 0 Å². The number of aryl methyl sites for hydroxylation is 2. The molecule has 0 atom stereocenters. The molecular formula is C33H25N2O+. The van der Waals surface area contributed by atoms with Gasteiger partial charge in [0.1, 0.15) is 18.2 Å². The van der Waals surface area contributed by atoms with Crippen LogP contribution in [-0.2, 0) is 7.05 Å². The second-order valence-electron chi connectivity index (χ2n) is 9.27. The number of benzene rings is 4. The number of fused-ring (bicyclic) bond motifs is 3. The predicted molar refractivity (Wildman–Crippen MR) is 145 cm³/mol. The number of hydrogen-bond acceptors (Lipinski definition) is 2. The molecule has 0 fully saturated rings. The fraction of sp³-hybridized carbons (Fsp3) is 0.0909. The van der Waals surface area contributed by atoms with E-state index in [1.807, 2.05) is 36.4 Å². The Labute approximate surface area is 210 Å². The molecule has 0 aliphatic rings. The van der Waals surface area contributed by atoms with Crippen molar-refractivity contribution in [1.82, 2.24) is 0 Å². The second kappa shape index (κ2) is 8.52. The highest BCUT2D eigenvalue weighted by Crippen LogP contribution is 2.42. The maximum atomic E-state index is 9.96. The van der Waals surface area contributed by atoms with Crippen molar-refractivity contribution in [3.05, 3.63) is 114 Å². The van der Waals surface area contributed by atoms with E-state index in [0.717, 1.165) is 61.1 Å². The van der Waals surface area contributed by atoms with Crippen molar-refractivity contribution in [2.75, 3.05) is 0 Å². The largest absolute Gasteiger partial charge is 0.454 e. The maximum absolute atomic E-state index is 9.96. The third kappa shape index (κ3) is 3.39. The minimum Gasteiger partial charge on any atom is -0.454 e. The van der Waals surface area contributed by atoms with Crippen LogP contribution in [0.5, 0.6) is 0 Å². The van der Waals surface area contributed by atoms with Crippen LogP contribution in [-0.4, -0.2) is 0 Å². The summed E-state index contributed by atoms with van der Waals surface area (Å²) in [6.07, 6.45) is 0. The minimum absolute atomic E-state index is 0.622. The zero-order valence-corrected chi connectivity index (χ0v) is 20.5. The topological polar surface area (TPSA) is 40.8 Å². The van der Waals surface area contributed by atoms with E-state index in [1.54, 1.807) is 0 Å². The standard InChI is InChI=1S/C33H25N2O/c1-21-14-16-28-31-25(20-34)15-17-27(24-12-8-5-9-13-24)32(31)36-33(28)30(21)29-19-26(18-22(2)35(29)3)23-10-6-4-7-11-23/h4-19H,1-3H3/q+1. The fourth-order valence-corrected chi connectivity index (χ4v) is 5.13. The molecule has 0 saturated carbocycles. The van der Waals surface area contributed by atoms with Gasteiger partial charge in [0.05, 0.1) is 17.2 Å². The summed E-state index contributed by atoms with van der Waals surface area (Å²) in [5.74, 6) is 0. The van der Waals surface area contributed by atoms with Gasteiger partial charge in [0.15, 0.2) is 5.69 Å². The van der Waals surface area contributed by atoms with Crippen molar-refractivity contribution in [3.63, 3.8) is 0 Å². The summed E-state index contributed by atoms with van der Waals surface area (Å²) in [7, 11) is 2.09. The monoisotopic (exact) mass is 465 g/mol. The maximum Gasteiger partial charge on any atom is 0.217 e. The smallest absolute Gasteiger partial charge is 0.217 e. The van der Waals surface area contributed by atoms with Crippen LogP contribution in [0.3, 0.4) is 0 Å². The normalized spacial score (nSPS) is 11.2. The van der Waals surface area contributed by atoms with E-state index >= 15 is 0 Å². The molecule has 2 heterocycles. The first-order valence-corrected chi connectivity index (χ1v) is 12.1. The number of hydrogen-bond donors (Lipinski definition) is 0. The lowest BCUT2D eigenvalue weighted by Crippen LogP contribution is -2.35. The van der Waals surface area contributed by atoms with Crippen LogP contribution >= 0.6 is 0 Å². The Morgan fingerprint density at radius 2 is 1.42 bits per heavy atom. The number of aromatic nitrogens is 1. The summed E-state index contributed by atoms with van der Waals surface area (Å²) in [5, 5.41) is 11.8. The highest BCUT2D eigenvalue weighted by Gasteiger charge is 2.25. The van der Waals surface area contributed by atoms with Crippen molar-refractivity contribution in [2.45, 2.75) is 13.8 Å². The van der Waals surface area contributed by atoms with Gasteiger partial charge in [-0.1, -0.05) is 72.8 Å². The predicted octanol–water partition coefficient (Wildman–Crippen LogP) is 7.90. The molecule has 2 aromatic heterocycles. The van der Waals surface area contributed by atoms with Gasteiger partial charge in [-0.25, -0.2) is 0 Å². The Morgan fingerprint density at radius 3 is 2.11 bits per heavy atom. The van der Waals surface area contributed by atoms with Gasteiger partial charge in [-0.2, -0.15) is 9.83 Å². The molecule has 0 spiro atoms. The van der Waals surface area contributed by atoms with Crippen molar-refractivity contribution in [3.8, 4) is 39.6 Å². The van der Waals surface area contributed by atoms with E-state index in [0.29, 0.717) is 5.56 Å². The molecule has 0 aliphatic heterocycles. The molecule has 0 radical (unpaired) electrons. The Morgan fingerprint density at radius 1 is 0.722 bits per heavy atom. The van der Waals surface area contributed by atoms with E-state index in [-0.39, 0.29) is 0 Å². The lowest BCUT2D eigenvalue weighted by Gasteiger charge is -2.10. The zero-order chi connectivity index (χ0) is 24.8. The third-order valence-electron chi connectivity index (χ3n) is 7.11. The second-order valence-corrected chi connectivity index (χ2v) is 9.27. The van der Waals surface area contributed by atoms with Crippen LogP contribution in [0, 0.1) is 25.2 Å². The van der Waals surface area contributed by atoms with Crippen LogP contribution in [0.1, 0.15) is 16.8 Å². The lowest BCUT2D eigenvalue weighted by atomic mass is 9.95. The first-order valence-electron chi connectivity index (χ1n) is 12.1. The Balaban J connectivity index is 1.71. The molecule has 0 unspecified atom stereocenters. The summed E-state index contributed by atoms with van der Waals surface area (Å²) in [6.45, 7) is 4.25. The summed E-state index contributed by atoms with van der Waals surface area (Å²) < 4.78 is 8.94. The number of rotatable bonds is 3. The molecule has 0 bridgehead atoms. The van der Waals surface area contributed by atoms with Gasteiger partial charge in [-0.15, -0.1) is 0 Å². The lowest BCUT2D eigenvalue weighted by molar-refractivity contribution is -0.666. The number of nitrogens with zero attached hydrogens (tertiary/aromatic N) is 2. The molecule has 3 heteroatoms. The first-order chi connectivity index (χ1) is 17.6. The number of nitriles is 1. The average Bonchev–Trinajstić information content (AvgIpc) is 3.30. The third-order valence-corrected chi connectivity index (χ3v) is 7.11. The van der Waals surface area contributed by atoms with Gasteiger partial charge in [0.2, 0.25) is 5.69 Å². The first kappa shape index (κ1) is 21.8. The van der Waals surface area contributed by atoms with Gasteiger partial charge in [-0.3, -0.25) is 0 Å². The Bertz CT molecular complexity index is 1810. The van der Waals surface area contributed by atoms with Crippen LogP contribution < -0.4 is 4.57 Å². The van der Waals surface area contributed by atoms with Gasteiger partial charge < -0.3 is 4.42 Å². The van der Waals surface area contributed by atoms with Crippen LogP contribution in [0.2, 0.25) is 0 Å². The molecule has 0 saturated heterocycles. The number of pyridine rings is 1. The van der Waals surface area contributed by atoms with Crippen molar-refractivity contribution < 1.29 is 8.98 Å². The van der Waals surface area contributed by atoms with Gasteiger partial charge in [0, 0.05) is 35.4 Å². The molecule has 36 heavy (non-hydrogen) atoms. The Hall–Kier alpha value is -4.68. The molecule has 0 N–H and O–H groups in total. The summed E-state index contributed by atoms with van der Waals surface area (Å²) in [5.41, 5.74) is 11.0. The molecule has 4 aromatic carbocycles. The van der Waals surface area contributed by atoms with Crippen LogP contribution in [0.25, 0.3) is 55.4 Å².